The second-order valence-electron chi connectivity index (χ2n) is 5.18. The van der Waals surface area contributed by atoms with Gasteiger partial charge in [-0.25, -0.2) is 0 Å². The molecule has 0 radical (unpaired) electrons. The van der Waals surface area contributed by atoms with Crippen molar-refractivity contribution in [3.8, 4) is 0 Å². The van der Waals surface area contributed by atoms with E-state index in [1.54, 1.807) is 31.2 Å². The zero-order valence-electron chi connectivity index (χ0n) is 13.8. The first-order valence-electron chi connectivity index (χ1n) is 6.89. The van der Waals surface area contributed by atoms with Crippen LogP contribution < -0.4 is 0 Å². The Morgan fingerprint density at radius 2 is 1.33 bits per heavy atom. The monoisotopic (exact) mass is 372 g/mol. The molecule has 0 amide bonds. The molecule has 1 N–H and O–H groups in total. The van der Waals surface area contributed by atoms with Crippen LogP contribution in [0.25, 0.3) is 0 Å². The van der Waals surface area contributed by atoms with Crippen LogP contribution in [-0.4, -0.2) is 28.5 Å². The highest BCUT2D eigenvalue weighted by Gasteiger charge is 2.12. The predicted molar refractivity (Wildman–Crippen MR) is 91.1 cm³/mol. The molecule has 0 spiro atoms. The highest BCUT2D eigenvalue weighted by molar-refractivity contribution is 7.86. The van der Waals surface area contributed by atoms with Crippen LogP contribution in [0.5, 0.6) is 0 Å². The standard InChI is InChI=1S/2C8H10O3S/c1-7-3-5-8(6-4-7)12(9,10)11-2;1-6-3-4-8(7(2)5-6)12(9,10)11/h3-6H,1-2H3;3-5H,1-2H3,(H,9,10,11). The summed E-state index contributed by atoms with van der Waals surface area (Å²) in [6.45, 7) is 5.40. The van der Waals surface area contributed by atoms with Gasteiger partial charge < -0.3 is 0 Å². The lowest BCUT2D eigenvalue weighted by molar-refractivity contribution is 0.397. The van der Waals surface area contributed by atoms with E-state index in [-0.39, 0.29) is 9.79 Å². The number of benzene rings is 2. The average molecular weight is 372 g/mol. The molecule has 6 nitrogen and oxygen atoms in total. The fourth-order valence-electron chi connectivity index (χ4n) is 1.89. The van der Waals surface area contributed by atoms with Gasteiger partial charge in [-0.05, 0) is 44.5 Å². The molecule has 132 valence electrons. The van der Waals surface area contributed by atoms with E-state index in [2.05, 4.69) is 4.18 Å². The molecule has 0 fully saturated rings. The van der Waals surface area contributed by atoms with E-state index in [1.165, 1.54) is 18.2 Å². The maximum Gasteiger partial charge on any atom is 0.296 e. The SMILES string of the molecule is COS(=O)(=O)c1ccc(C)cc1.Cc1ccc(S(=O)(=O)O)c(C)c1. The minimum absolute atomic E-state index is 0.0203. The van der Waals surface area contributed by atoms with E-state index >= 15 is 0 Å². The van der Waals surface area contributed by atoms with Crippen LogP contribution in [0.2, 0.25) is 0 Å². The van der Waals surface area contributed by atoms with Crippen molar-refractivity contribution >= 4 is 20.2 Å². The van der Waals surface area contributed by atoms with E-state index in [0.29, 0.717) is 5.56 Å². The summed E-state index contributed by atoms with van der Waals surface area (Å²) in [5, 5.41) is 0. The largest absolute Gasteiger partial charge is 0.296 e. The highest BCUT2D eigenvalue weighted by atomic mass is 32.2. The molecule has 24 heavy (non-hydrogen) atoms. The quantitative estimate of drug-likeness (QED) is 0.657. The lowest BCUT2D eigenvalue weighted by Crippen LogP contribution is -2.02. The van der Waals surface area contributed by atoms with Crippen molar-refractivity contribution in [3.63, 3.8) is 0 Å². The second-order valence-corrected chi connectivity index (χ2v) is 8.28. The zero-order chi connectivity index (χ0) is 18.5. The lowest BCUT2D eigenvalue weighted by Gasteiger charge is -2.02. The van der Waals surface area contributed by atoms with E-state index in [9.17, 15) is 16.8 Å². The molecular weight excluding hydrogens is 352 g/mol. The first kappa shape index (κ1) is 20.3. The van der Waals surface area contributed by atoms with Crippen LogP contribution in [-0.2, 0) is 24.4 Å². The molecule has 0 unspecified atom stereocenters. The van der Waals surface area contributed by atoms with Gasteiger partial charge in [0.1, 0.15) is 0 Å². The Morgan fingerprint density at radius 1 is 0.833 bits per heavy atom. The van der Waals surface area contributed by atoms with Crippen LogP contribution in [0.15, 0.2) is 52.3 Å². The molecule has 0 aromatic heterocycles. The molecule has 2 rings (SSSR count). The van der Waals surface area contributed by atoms with Crippen molar-refractivity contribution in [2.24, 2.45) is 0 Å². The topological polar surface area (TPSA) is 97.7 Å². The third kappa shape index (κ3) is 5.72. The van der Waals surface area contributed by atoms with Crippen molar-refractivity contribution < 1.29 is 25.6 Å². The molecule has 0 aliphatic carbocycles. The van der Waals surface area contributed by atoms with Crippen molar-refractivity contribution in [3.05, 3.63) is 59.2 Å². The van der Waals surface area contributed by atoms with Gasteiger partial charge in [-0.2, -0.15) is 16.8 Å². The fourth-order valence-corrected chi connectivity index (χ4v) is 3.26. The summed E-state index contributed by atoms with van der Waals surface area (Å²) < 4.78 is 56.7. The molecule has 2 aromatic rings. The first-order valence-corrected chi connectivity index (χ1v) is 9.74. The van der Waals surface area contributed by atoms with Crippen LogP contribution in [0.3, 0.4) is 0 Å². The Morgan fingerprint density at radius 3 is 1.75 bits per heavy atom. The minimum atomic E-state index is -4.05. The fraction of sp³-hybridized carbons (Fsp3) is 0.250. The summed E-state index contributed by atoms with van der Waals surface area (Å²) in [5.41, 5.74) is 2.56. The van der Waals surface area contributed by atoms with E-state index in [4.69, 9.17) is 4.55 Å². The maximum absolute atomic E-state index is 11.1. The molecule has 0 saturated carbocycles. The van der Waals surface area contributed by atoms with Crippen molar-refractivity contribution in [1.82, 2.24) is 0 Å². The summed E-state index contributed by atoms with van der Waals surface area (Å²) in [6.07, 6.45) is 0. The van der Waals surface area contributed by atoms with Gasteiger partial charge in [0.25, 0.3) is 20.2 Å². The van der Waals surface area contributed by atoms with Crippen LogP contribution >= 0.6 is 0 Å². The Balaban J connectivity index is 0.000000240. The summed E-state index contributed by atoms with van der Waals surface area (Å²) in [4.78, 5) is 0.170. The zero-order valence-corrected chi connectivity index (χ0v) is 15.5. The van der Waals surface area contributed by atoms with E-state index < -0.39 is 20.2 Å². The molecule has 0 heterocycles. The predicted octanol–water partition coefficient (Wildman–Crippen LogP) is 2.88. The number of hydrogen-bond donors (Lipinski definition) is 1. The van der Waals surface area contributed by atoms with Gasteiger partial charge in [0.05, 0.1) is 16.9 Å². The van der Waals surface area contributed by atoms with Gasteiger partial charge in [0.15, 0.2) is 0 Å². The molecule has 0 aliphatic heterocycles. The van der Waals surface area contributed by atoms with Gasteiger partial charge in [0, 0.05) is 0 Å². The molecule has 0 aliphatic rings. The first-order chi connectivity index (χ1) is 11.0. The maximum atomic E-state index is 11.1. The summed E-state index contributed by atoms with van der Waals surface area (Å²) >= 11 is 0. The second kappa shape index (κ2) is 7.89. The van der Waals surface area contributed by atoms with Crippen molar-refractivity contribution in [2.45, 2.75) is 30.6 Å². The Labute approximate surface area is 143 Å². The smallest absolute Gasteiger partial charge is 0.282 e. The van der Waals surface area contributed by atoms with Gasteiger partial charge in [-0.3, -0.25) is 8.74 Å². The van der Waals surface area contributed by atoms with Crippen LogP contribution in [0, 0.1) is 20.8 Å². The van der Waals surface area contributed by atoms with Gasteiger partial charge in [-0.1, -0.05) is 35.4 Å². The Bertz CT molecular complexity index is 898. The molecule has 8 heteroatoms. The highest BCUT2D eigenvalue weighted by Crippen LogP contribution is 2.15. The van der Waals surface area contributed by atoms with Crippen LogP contribution in [0.4, 0.5) is 0 Å². The summed E-state index contributed by atoms with van der Waals surface area (Å²) in [6, 6.07) is 11.3. The summed E-state index contributed by atoms with van der Waals surface area (Å²) in [5.74, 6) is 0. The van der Waals surface area contributed by atoms with Crippen LogP contribution in [0.1, 0.15) is 16.7 Å². The third-order valence-corrected chi connectivity index (χ3v) is 5.44. The molecule has 0 atom stereocenters. The number of aryl methyl sites for hydroxylation is 3. The molecule has 0 bridgehead atoms. The lowest BCUT2D eigenvalue weighted by atomic mass is 10.2. The molecule has 2 aromatic carbocycles. The van der Waals surface area contributed by atoms with E-state index in [0.717, 1.165) is 18.2 Å². The van der Waals surface area contributed by atoms with Gasteiger partial charge >= 0.3 is 0 Å². The Kier molecular flexibility index (Phi) is 6.67. The molecule has 0 saturated heterocycles. The number of hydrogen-bond acceptors (Lipinski definition) is 5. The third-order valence-electron chi connectivity index (χ3n) is 3.14. The normalized spacial score (nSPS) is 11.5. The minimum Gasteiger partial charge on any atom is -0.282 e. The van der Waals surface area contributed by atoms with Gasteiger partial charge in [-0.15, -0.1) is 0 Å². The Hall–Kier alpha value is -1.74. The van der Waals surface area contributed by atoms with Crippen molar-refractivity contribution in [1.29, 1.82) is 0 Å². The van der Waals surface area contributed by atoms with E-state index in [1.807, 2.05) is 13.8 Å². The average Bonchev–Trinajstić information content (AvgIpc) is 2.47. The number of rotatable bonds is 3. The van der Waals surface area contributed by atoms with Gasteiger partial charge in [0.2, 0.25) is 0 Å². The van der Waals surface area contributed by atoms with Crippen molar-refractivity contribution in [2.75, 3.05) is 7.11 Å². The summed E-state index contributed by atoms with van der Waals surface area (Å²) in [7, 11) is -6.42. The molecular formula is C16H20O6S2.